The fourth-order valence-electron chi connectivity index (χ4n) is 2.89. The topological polar surface area (TPSA) is 66.8 Å². The van der Waals surface area contributed by atoms with Gasteiger partial charge in [0.2, 0.25) is 0 Å². The SMILES string of the molecule is C[C@@H]1C[C@H](C(=O)N(Cc2cccs2)Cc2cccs2)O[C@H]1C(=O)O. The van der Waals surface area contributed by atoms with Crippen LogP contribution in [0.15, 0.2) is 35.0 Å². The van der Waals surface area contributed by atoms with Gasteiger partial charge in [-0.25, -0.2) is 4.79 Å². The first-order valence-electron chi connectivity index (χ1n) is 7.76. The fourth-order valence-corrected chi connectivity index (χ4v) is 4.32. The number of aliphatic carboxylic acids is 1. The normalized spacial score (nSPS) is 23.3. The lowest BCUT2D eigenvalue weighted by Gasteiger charge is -2.24. The lowest BCUT2D eigenvalue weighted by Crippen LogP contribution is -2.38. The molecule has 1 aliphatic rings. The van der Waals surface area contributed by atoms with E-state index in [4.69, 9.17) is 4.74 Å². The summed E-state index contributed by atoms with van der Waals surface area (Å²) >= 11 is 3.21. The van der Waals surface area contributed by atoms with E-state index in [1.807, 2.05) is 41.9 Å². The van der Waals surface area contributed by atoms with Gasteiger partial charge in [0.25, 0.3) is 5.91 Å². The van der Waals surface area contributed by atoms with E-state index in [1.165, 1.54) is 0 Å². The molecule has 0 unspecified atom stereocenters. The Bertz CT molecular complexity index is 647. The van der Waals surface area contributed by atoms with Crippen LogP contribution >= 0.6 is 22.7 Å². The quantitative estimate of drug-likeness (QED) is 0.853. The Morgan fingerprint density at radius 3 is 2.21 bits per heavy atom. The second-order valence-corrected chi connectivity index (χ2v) is 8.01. The van der Waals surface area contributed by atoms with Crippen molar-refractivity contribution in [2.24, 2.45) is 5.92 Å². The number of hydrogen-bond acceptors (Lipinski definition) is 5. The highest BCUT2D eigenvalue weighted by atomic mass is 32.1. The molecule has 0 saturated carbocycles. The molecule has 3 heterocycles. The van der Waals surface area contributed by atoms with E-state index in [2.05, 4.69) is 0 Å². The molecule has 0 aliphatic carbocycles. The van der Waals surface area contributed by atoms with Crippen molar-refractivity contribution in [1.82, 2.24) is 4.90 Å². The Balaban J connectivity index is 1.74. The number of carboxylic acids is 1. The summed E-state index contributed by atoms with van der Waals surface area (Å²) in [6, 6.07) is 7.92. The molecule has 1 fully saturated rings. The molecule has 2 aromatic rings. The zero-order valence-corrected chi connectivity index (χ0v) is 14.9. The predicted octanol–water partition coefficient (Wildman–Crippen LogP) is 3.22. The second-order valence-electron chi connectivity index (χ2n) is 5.95. The summed E-state index contributed by atoms with van der Waals surface area (Å²) in [7, 11) is 0. The van der Waals surface area contributed by atoms with Gasteiger partial charge >= 0.3 is 5.97 Å². The average Bonchev–Trinajstić information content (AvgIpc) is 3.27. The van der Waals surface area contributed by atoms with Crippen molar-refractivity contribution in [3.63, 3.8) is 0 Å². The maximum absolute atomic E-state index is 12.9. The molecule has 1 aliphatic heterocycles. The molecule has 7 heteroatoms. The van der Waals surface area contributed by atoms with Gasteiger partial charge in [0.15, 0.2) is 6.10 Å². The summed E-state index contributed by atoms with van der Waals surface area (Å²) in [5.74, 6) is -1.30. The number of ether oxygens (including phenoxy) is 1. The minimum atomic E-state index is -0.999. The summed E-state index contributed by atoms with van der Waals surface area (Å²) < 4.78 is 5.53. The predicted molar refractivity (Wildman–Crippen MR) is 93.0 cm³/mol. The molecule has 0 aromatic carbocycles. The molecule has 0 spiro atoms. The zero-order valence-electron chi connectivity index (χ0n) is 13.3. The van der Waals surface area contributed by atoms with Gasteiger partial charge < -0.3 is 14.7 Å². The third-order valence-corrected chi connectivity index (χ3v) is 5.82. The highest BCUT2D eigenvalue weighted by Crippen LogP contribution is 2.29. The van der Waals surface area contributed by atoms with Crippen LogP contribution in [0.2, 0.25) is 0 Å². The minimum absolute atomic E-state index is 0.132. The monoisotopic (exact) mass is 365 g/mol. The molecule has 3 atom stereocenters. The van der Waals surface area contributed by atoms with Gasteiger partial charge in [0.1, 0.15) is 6.10 Å². The summed E-state index contributed by atoms with van der Waals surface area (Å²) in [5.41, 5.74) is 0. The third-order valence-electron chi connectivity index (χ3n) is 4.10. The molecule has 128 valence electrons. The molecule has 5 nitrogen and oxygen atoms in total. The van der Waals surface area contributed by atoms with Gasteiger partial charge in [-0.05, 0) is 35.2 Å². The van der Waals surface area contributed by atoms with Crippen molar-refractivity contribution in [3.8, 4) is 0 Å². The average molecular weight is 365 g/mol. The van der Waals surface area contributed by atoms with Crippen molar-refractivity contribution in [2.75, 3.05) is 0 Å². The Labute approximate surface area is 148 Å². The van der Waals surface area contributed by atoms with Crippen LogP contribution in [0.25, 0.3) is 0 Å². The minimum Gasteiger partial charge on any atom is -0.479 e. The highest BCUT2D eigenvalue weighted by molar-refractivity contribution is 7.10. The van der Waals surface area contributed by atoms with Crippen LogP contribution < -0.4 is 0 Å². The van der Waals surface area contributed by atoms with E-state index >= 15 is 0 Å². The Hall–Kier alpha value is -1.70. The molecule has 2 aromatic heterocycles. The van der Waals surface area contributed by atoms with Crippen LogP contribution in [0, 0.1) is 5.92 Å². The number of thiophene rings is 2. The van der Waals surface area contributed by atoms with Crippen LogP contribution in [0.3, 0.4) is 0 Å². The Morgan fingerprint density at radius 1 is 1.21 bits per heavy atom. The second kappa shape index (κ2) is 7.46. The van der Waals surface area contributed by atoms with Crippen molar-refractivity contribution in [3.05, 3.63) is 44.8 Å². The Kier molecular flexibility index (Phi) is 5.33. The first-order valence-corrected chi connectivity index (χ1v) is 9.52. The highest BCUT2D eigenvalue weighted by Gasteiger charge is 2.41. The third kappa shape index (κ3) is 3.85. The smallest absolute Gasteiger partial charge is 0.333 e. The summed E-state index contributed by atoms with van der Waals surface area (Å²) in [6.07, 6.45) is -1.13. The number of carboxylic acid groups (broad SMARTS) is 1. The van der Waals surface area contributed by atoms with E-state index in [-0.39, 0.29) is 11.8 Å². The number of carbonyl (C=O) groups excluding carboxylic acids is 1. The van der Waals surface area contributed by atoms with Crippen molar-refractivity contribution in [1.29, 1.82) is 0 Å². The fraction of sp³-hybridized carbons (Fsp3) is 0.412. The van der Waals surface area contributed by atoms with E-state index in [1.54, 1.807) is 27.6 Å². The number of nitrogens with zero attached hydrogens (tertiary/aromatic N) is 1. The standard InChI is InChI=1S/C17H19NO4S2/c1-11-8-14(22-15(11)17(20)21)16(19)18(9-12-4-2-6-23-12)10-13-5-3-7-24-13/h2-7,11,14-15H,8-10H2,1H3,(H,20,21)/t11-,14-,15-/m1/s1. The molecule has 1 amide bonds. The molecule has 0 radical (unpaired) electrons. The van der Waals surface area contributed by atoms with Gasteiger partial charge in [0, 0.05) is 9.75 Å². The van der Waals surface area contributed by atoms with Crippen LogP contribution in [0.4, 0.5) is 0 Å². The van der Waals surface area contributed by atoms with Crippen LogP contribution in [0.1, 0.15) is 23.1 Å². The van der Waals surface area contributed by atoms with Gasteiger partial charge in [-0.1, -0.05) is 19.1 Å². The molecule has 24 heavy (non-hydrogen) atoms. The van der Waals surface area contributed by atoms with Crippen molar-refractivity contribution in [2.45, 2.75) is 38.6 Å². The number of carbonyl (C=O) groups is 2. The van der Waals surface area contributed by atoms with Gasteiger partial charge in [-0.2, -0.15) is 0 Å². The summed E-state index contributed by atoms with van der Waals surface area (Å²) in [4.78, 5) is 28.1. The summed E-state index contributed by atoms with van der Waals surface area (Å²) in [5, 5.41) is 13.2. The maximum atomic E-state index is 12.9. The largest absolute Gasteiger partial charge is 0.479 e. The summed E-state index contributed by atoms with van der Waals surface area (Å²) in [6.45, 7) is 2.84. The molecular weight excluding hydrogens is 346 g/mol. The van der Waals surface area contributed by atoms with E-state index in [9.17, 15) is 14.7 Å². The van der Waals surface area contributed by atoms with Crippen molar-refractivity contribution < 1.29 is 19.4 Å². The number of hydrogen-bond donors (Lipinski definition) is 1. The number of rotatable bonds is 6. The molecule has 1 N–H and O–H groups in total. The zero-order chi connectivity index (χ0) is 17.1. The lowest BCUT2D eigenvalue weighted by molar-refractivity contribution is -0.156. The van der Waals surface area contributed by atoms with E-state index in [0.29, 0.717) is 19.5 Å². The van der Waals surface area contributed by atoms with Gasteiger partial charge in [-0.15, -0.1) is 22.7 Å². The van der Waals surface area contributed by atoms with Gasteiger partial charge in [0.05, 0.1) is 13.1 Å². The first kappa shape index (κ1) is 17.1. The number of amides is 1. The maximum Gasteiger partial charge on any atom is 0.333 e. The van der Waals surface area contributed by atoms with E-state index < -0.39 is 18.2 Å². The Morgan fingerprint density at radius 2 is 1.79 bits per heavy atom. The van der Waals surface area contributed by atoms with Gasteiger partial charge in [-0.3, -0.25) is 4.79 Å². The lowest BCUT2D eigenvalue weighted by atomic mass is 10.0. The van der Waals surface area contributed by atoms with Crippen LogP contribution in [-0.2, 0) is 27.4 Å². The molecule has 1 saturated heterocycles. The van der Waals surface area contributed by atoms with Crippen LogP contribution in [0.5, 0.6) is 0 Å². The van der Waals surface area contributed by atoms with Crippen LogP contribution in [-0.4, -0.2) is 34.1 Å². The van der Waals surface area contributed by atoms with Crippen molar-refractivity contribution >= 4 is 34.6 Å². The first-order chi connectivity index (χ1) is 11.5. The van der Waals surface area contributed by atoms with E-state index in [0.717, 1.165) is 9.75 Å². The molecule has 0 bridgehead atoms. The molecule has 3 rings (SSSR count). The molecular formula is C17H19NO4S2.